The number of nitrogens with zero attached hydrogens (tertiary/aromatic N) is 3. The van der Waals surface area contributed by atoms with E-state index in [4.69, 9.17) is 4.74 Å². The zero-order valence-electron chi connectivity index (χ0n) is 13.2. The molecule has 2 atom stereocenters. The molecule has 20 heavy (non-hydrogen) atoms. The van der Waals surface area contributed by atoms with Gasteiger partial charge in [0, 0.05) is 65.4 Å². The highest BCUT2D eigenvalue weighted by atomic mass is 16.5. The molecule has 0 radical (unpaired) electrons. The van der Waals surface area contributed by atoms with Crippen molar-refractivity contribution in [2.75, 3.05) is 59.0 Å². The van der Waals surface area contributed by atoms with Crippen molar-refractivity contribution in [1.29, 1.82) is 0 Å². The van der Waals surface area contributed by atoms with Gasteiger partial charge < -0.3 is 9.64 Å². The van der Waals surface area contributed by atoms with Crippen LogP contribution >= 0.6 is 0 Å². The molecule has 0 spiro atoms. The molecule has 0 aromatic carbocycles. The van der Waals surface area contributed by atoms with E-state index < -0.39 is 0 Å². The number of ether oxygens (including phenoxy) is 1. The zero-order chi connectivity index (χ0) is 14.5. The minimum absolute atomic E-state index is 0.211. The van der Waals surface area contributed by atoms with Crippen LogP contribution in [0.1, 0.15) is 20.8 Å². The minimum atomic E-state index is 0.211. The van der Waals surface area contributed by atoms with Gasteiger partial charge in [-0.1, -0.05) is 6.92 Å². The summed E-state index contributed by atoms with van der Waals surface area (Å²) in [6.07, 6.45) is 0. The van der Waals surface area contributed by atoms with Crippen molar-refractivity contribution in [2.24, 2.45) is 5.92 Å². The number of hydrogen-bond acceptors (Lipinski definition) is 4. The van der Waals surface area contributed by atoms with Gasteiger partial charge in [-0.2, -0.15) is 0 Å². The van der Waals surface area contributed by atoms with Crippen LogP contribution in [0.25, 0.3) is 0 Å². The summed E-state index contributed by atoms with van der Waals surface area (Å²) in [7, 11) is 0. The number of carbonyl (C=O) groups is 1. The molecule has 0 saturated carbocycles. The molecule has 1 amide bonds. The highest BCUT2D eigenvalue weighted by Gasteiger charge is 2.35. The Hall–Kier alpha value is -0.650. The topological polar surface area (TPSA) is 36.0 Å². The van der Waals surface area contributed by atoms with Gasteiger partial charge in [-0.05, 0) is 12.8 Å². The Bertz CT molecular complexity index is 316. The molecular weight excluding hydrogens is 254 g/mol. The predicted octanol–water partition coefficient (Wildman–Crippen LogP) is 0.507. The number of hydrogen-bond donors (Lipinski definition) is 0. The van der Waals surface area contributed by atoms with E-state index >= 15 is 0 Å². The third kappa shape index (κ3) is 3.93. The zero-order valence-corrected chi connectivity index (χ0v) is 13.2. The monoisotopic (exact) mass is 283 g/mol. The van der Waals surface area contributed by atoms with Crippen molar-refractivity contribution in [2.45, 2.75) is 26.8 Å². The van der Waals surface area contributed by atoms with Gasteiger partial charge in [0.2, 0.25) is 5.91 Å². The predicted molar refractivity (Wildman–Crippen MR) is 79.7 cm³/mol. The Morgan fingerprint density at radius 1 is 1.20 bits per heavy atom. The first-order valence-electron chi connectivity index (χ1n) is 7.91. The average molecular weight is 283 g/mol. The van der Waals surface area contributed by atoms with Crippen molar-refractivity contribution >= 4 is 5.91 Å². The van der Waals surface area contributed by atoms with Gasteiger partial charge in [0.1, 0.15) is 0 Å². The lowest BCUT2D eigenvalue weighted by Gasteiger charge is -2.39. The van der Waals surface area contributed by atoms with E-state index in [2.05, 4.69) is 16.7 Å². The maximum absolute atomic E-state index is 11.4. The Labute approximate surface area is 122 Å². The fraction of sp³-hybridized carbons (Fsp3) is 0.933. The Balaban J connectivity index is 1.77. The third-order valence-corrected chi connectivity index (χ3v) is 4.63. The summed E-state index contributed by atoms with van der Waals surface area (Å²) in [5, 5.41) is 0. The Kier molecular flexibility index (Phi) is 5.81. The maximum atomic E-state index is 11.4. The molecule has 2 saturated heterocycles. The van der Waals surface area contributed by atoms with E-state index in [9.17, 15) is 4.79 Å². The normalized spacial score (nSPS) is 29.1. The largest absolute Gasteiger partial charge is 0.380 e. The van der Waals surface area contributed by atoms with Crippen molar-refractivity contribution in [3.05, 3.63) is 0 Å². The molecule has 2 rings (SSSR count). The summed E-state index contributed by atoms with van der Waals surface area (Å²) < 4.78 is 5.45. The molecule has 2 fully saturated rings. The molecule has 0 aromatic heterocycles. The van der Waals surface area contributed by atoms with E-state index in [0.29, 0.717) is 12.0 Å². The lowest BCUT2D eigenvalue weighted by molar-refractivity contribution is -0.130. The van der Waals surface area contributed by atoms with Gasteiger partial charge >= 0.3 is 0 Å². The van der Waals surface area contributed by atoms with Crippen LogP contribution in [0.15, 0.2) is 0 Å². The molecule has 5 heteroatoms. The van der Waals surface area contributed by atoms with Crippen molar-refractivity contribution < 1.29 is 9.53 Å². The van der Waals surface area contributed by atoms with Crippen LogP contribution in [0.4, 0.5) is 0 Å². The van der Waals surface area contributed by atoms with Crippen LogP contribution < -0.4 is 0 Å². The van der Waals surface area contributed by atoms with Crippen LogP contribution in [-0.4, -0.2) is 85.7 Å². The van der Waals surface area contributed by atoms with E-state index in [1.165, 1.54) is 6.54 Å². The second kappa shape index (κ2) is 7.38. The first-order valence-corrected chi connectivity index (χ1v) is 7.91. The number of piperazine rings is 1. The molecular formula is C15H29N3O2. The molecule has 5 nitrogen and oxygen atoms in total. The standard InChI is InChI=1S/C15H29N3O2/c1-4-20-10-9-16-11-13(2)15(12-16)18-7-5-17(6-8-18)14(3)19/h13,15H,4-12H2,1-3H3/t13-,15-/m0/s1. The van der Waals surface area contributed by atoms with E-state index in [1.807, 2.05) is 11.8 Å². The summed E-state index contributed by atoms with van der Waals surface area (Å²) in [4.78, 5) is 18.4. The number of carbonyl (C=O) groups excluding carboxylic acids is 1. The van der Waals surface area contributed by atoms with Crippen LogP contribution in [0.2, 0.25) is 0 Å². The Morgan fingerprint density at radius 2 is 1.90 bits per heavy atom. The number of rotatable bonds is 5. The summed E-state index contributed by atoms with van der Waals surface area (Å²) in [6.45, 7) is 14.9. The van der Waals surface area contributed by atoms with Gasteiger partial charge in [0.25, 0.3) is 0 Å². The van der Waals surface area contributed by atoms with Crippen LogP contribution in [-0.2, 0) is 9.53 Å². The van der Waals surface area contributed by atoms with Gasteiger partial charge in [-0.15, -0.1) is 0 Å². The molecule has 0 N–H and O–H groups in total. The molecule has 0 aliphatic carbocycles. The molecule has 0 bridgehead atoms. The van der Waals surface area contributed by atoms with E-state index in [-0.39, 0.29) is 5.91 Å². The lowest BCUT2D eigenvalue weighted by atomic mass is 10.0. The Morgan fingerprint density at radius 3 is 2.50 bits per heavy atom. The van der Waals surface area contributed by atoms with Gasteiger partial charge in [-0.3, -0.25) is 14.6 Å². The fourth-order valence-corrected chi connectivity index (χ4v) is 3.41. The highest BCUT2D eigenvalue weighted by Crippen LogP contribution is 2.22. The number of likely N-dealkylation sites (tertiary alicyclic amines) is 1. The molecule has 2 aliphatic heterocycles. The molecule has 0 aromatic rings. The smallest absolute Gasteiger partial charge is 0.219 e. The lowest BCUT2D eigenvalue weighted by Crippen LogP contribution is -2.53. The second-order valence-electron chi connectivity index (χ2n) is 6.04. The fourth-order valence-electron chi connectivity index (χ4n) is 3.41. The van der Waals surface area contributed by atoms with Gasteiger partial charge in [0.05, 0.1) is 6.61 Å². The maximum Gasteiger partial charge on any atom is 0.219 e. The minimum Gasteiger partial charge on any atom is -0.380 e. The van der Waals surface area contributed by atoms with Crippen LogP contribution in [0.5, 0.6) is 0 Å². The van der Waals surface area contributed by atoms with Gasteiger partial charge in [0.15, 0.2) is 0 Å². The molecule has 0 unspecified atom stereocenters. The SMILES string of the molecule is CCOCCN1C[C@H](C)[C@@H](N2CCN(C(C)=O)CC2)C1. The van der Waals surface area contributed by atoms with Crippen molar-refractivity contribution in [1.82, 2.24) is 14.7 Å². The molecule has 2 heterocycles. The molecule has 2 aliphatic rings. The van der Waals surface area contributed by atoms with Gasteiger partial charge in [-0.25, -0.2) is 0 Å². The third-order valence-electron chi connectivity index (χ3n) is 4.63. The van der Waals surface area contributed by atoms with E-state index in [1.54, 1.807) is 6.92 Å². The number of amides is 1. The highest BCUT2D eigenvalue weighted by molar-refractivity contribution is 5.73. The van der Waals surface area contributed by atoms with Crippen LogP contribution in [0.3, 0.4) is 0 Å². The van der Waals surface area contributed by atoms with Crippen LogP contribution in [0, 0.1) is 5.92 Å². The van der Waals surface area contributed by atoms with Crippen molar-refractivity contribution in [3.8, 4) is 0 Å². The average Bonchev–Trinajstić information content (AvgIpc) is 2.80. The van der Waals surface area contributed by atoms with E-state index in [0.717, 1.165) is 52.5 Å². The summed E-state index contributed by atoms with van der Waals surface area (Å²) in [5.41, 5.74) is 0. The molecule has 116 valence electrons. The second-order valence-corrected chi connectivity index (χ2v) is 6.04. The summed E-state index contributed by atoms with van der Waals surface area (Å²) >= 11 is 0. The summed E-state index contributed by atoms with van der Waals surface area (Å²) in [5.74, 6) is 0.919. The first-order chi connectivity index (χ1) is 9.61. The summed E-state index contributed by atoms with van der Waals surface area (Å²) in [6, 6.07) is 0.644. The van der Waals surface area contributed by atoms with Crippen molar-refractivity contribution in [3.63, 3.8) is 0 Å². The first kappa shape index (κ1) is 15.7. The quantitative estimate of drug-likeness (QED) is 0.689.